The van der Waals surface area contributed by atoms with Gasteiger partial charge in [-0.3, -0.25) is 4.98 Å². The summed E-state index contributed by atoms with van der Waals surface area (Å²) < 4.78 is 0. The number of fused-ring (bicyclic) bond motifs is 1. The molecule has 0 saturated heterocycles. The highest BCUT2D eigenvalue weighted by molar-refractivity contribution is 6.29. The van der Waals surface area contributed by atoms with Crippen LogP contribution in [0.4, 0.5) is 5.69 Å². The summed E-state index contributed by atoms with van der Waals surface area (Å²) in [4.78, 5) is 19.8. The van der Waals surface area contributed by atoms with Gasteiger partial charge >= 0.3 is 5.97 Å². The molecule has 7 heteroatoms. The molecule has 1 aliphatic carbocycles. The molecule has 2 aromatic heterocycles. The van der Waals surface area contributed by atoms with Gasteiger partial charge in [-0.05, 0) is 37.8 Å². The lowest BCUT2D eigenvalue weighted by atomic mass is 9.92. The van der Waals surface area contributed by atoms with E-state index in [1.807, 2.05) is 0 Å². The van der Waals surface area contributed by atoms with Gasteiger partial charge in [-0.25, -0.2) is 9.78 Å². The highest BCUT2D eigenvalue weighted by atomic mass is 35.5. The minimum absolute atomic E-state index is 0.0772. The van der Waals surface area contributed by atoms with Crippen molar-refractivity contribution < 1.29 is 15.0 Å². The van der Waals surface area contributed by atoms with Crippen LogP contribution in [0.5, 0.6) is 0 Å². The standard InChI is InChI=1S/C15H16ClN3O3/c16-12-6-5-11-14(19-12)13(10(7-17-11)15(21)22)18-8-1-3-9(20)4-2-8/h5-9,20H,1-4H2,(H,17,18)(H,21,22)/t8-,9-. The molecule has 1 fully saturated rings. The van der Waals surface area contributed by atoms with Crippen LogP contribution >= 0.6 is 11.6 Å². The second-order valence-electron chi connectivity index (χ2n) is 5.50. The summed E-state index contributed by atoms with van der Waals surface area (Å²) in [7, 11) is 0. The zero-order valence-corrected chi connectivity index (χ0v) is 12.5. The molecule has 0 aliphatic heterocycles. The molecule has 3 N–H and O–H groups in total. The second kappa shape index (κ2) is 6.06. The number of pyridine rings is 2. The average molecular weight is 322 g/mol. The van der Waals surface area contributed by atoms with Crippen molar-refractivity contribution in [1.29, 1.82) is 0 Å². The summed E-state index contributed by atoms with van der Waals surface area (Å²) in [5.41, 5.74) is 1.57. The SMILES string of the molecule is O=C(O)c1cnc2ccc(Cl)nc2c1N[C@H]1CC[C@H](O)CC1. The minimum Gasteiger partial charge on any atom is -0.478 e. The Hall–Kier alpha value is -1.92. The van der Waals surface area contributed by atoms with E-state index in [9.17, 15) is 15.0 Å². The van der Waals surface area contributed by atoms with Gasteiger partial charge in [-0.2, -0.15) is 0 Å². The van der Waals surface area contributed by atoms with E-state index >= 15 is 0 Å². The number of nitrogens with one attached hydrogen (secondary N) is 1. The molecule has 0 bridgehead atoms. The van der Waals surface area contributed by atoms with E-state index in [1.165, 1.54) is 6.20 Å². The van der Waals surface area contributed by atoms with Gasteiger partial charge in [-0.1, -0.05) is 11.6 Å². The number of halogens is 1. The number of rotatable bonds is 3. The maximum absolute atomic E-state index is 11.5. The Balaban J connectivity index is 2.02. The van der Waals surface area contributed by atoms with E-state index in [4.69, 9.17) is 11.6 Å². The molecular formula is C15H16ClN3O3. The normalized spacial score (nSPS) is 21.7. The average Bonchev–Trinajstić information content (AvgIpc) is 2.49. The highest BCUT2D eigenvalue weighted by Gasteiger charge is 2.23. The van der Waals surface area contributed by atoms with Crippen molar-refractivity contribution >= 4 is 34.3 Å². The van der Waals surface area contributed by atoms with Crippen molar-refractivity contribution in [2.75, 3.05) is 5.32 Å². The van der Waals surface area contributed by atoms with Gasteiger partial charge in [0.05, 0.1) is 17.3 Å². The van der Waals surface area contributed by atoms with Gasteiger partial charge < -0.3 is 15.5 Å². The summed E-state index contributed by atoms with van der Waals surface area (Å²) in [6.45, 7) is 0. The summed E-state index contributed by atoms with van der Waals surface area (Å²) >= 11 is 5.94. The molecule has 22 heavy (non-hydrogen) atoms. The first-order chi connectivity index (χ1) is 10.5. The second-order valence-corrected chi connectivity index (χ2v) is 5.89. The van der Waals surface area contributed by atoms with Gasteiger partial charge in [0.2, 0.25) is 0 Å². The first-order valence-electron chi connectivity index (χ1n) is 7.17. The van der Waals surface area contributed by atoms with Crippen LogP contribution in [0.1, 0.15) is 36.0 Å². The first-order valence-corrected chi connectivity index (χ1v) is 7.55. The van der Waals surface area contributed by atoms with Crippen molar-refractivity contribution in [2.24, 2.45) is 0 Å². The molecule has 0 atom stereocenters. The molecule has 1 aliphatic rings. The van der Waals surface area contributed by atoms with Crippen molar-refractivity contribution in [3.05, 3.63) is 29.0 Å². The largest absolute Gasteiger partial charge is 0.478 e. The molecule has 0 spiro atoms. The summed E-state index contributed by atoms with van der Waals surface area (Å²) in [6, 6.07) is 3.44. The maximum Gasteiger partial charge on any atom is 0.339 e. The van der Waals surface area contributed by atoms with Crippen LogP contribution in [0.2, 0.25) is 5.15 Å². The zero-order chi connectivity index (χ0) is 15.7. The fourth-order valence-electron chi connectivity index (χ4n) is 2.77. The van der Waals surface area contributed by atoms with E-state index in [-0.39, 0.29) is 17.7 Å². The van der Waals surface area contributed by atoms with Gasteiger partial charge in [0, 0.05) is 12.2 Å². The first kappa shape index (κ1) is 15.0. The number of anilines is 1. The highest BCUT2D eigenvalue weighted by Crippen LogP contribution is 2.29. The third-order valence-electron chi connectivity index (χ3n) is 3.95. The minimum atomic E-state index is -1.06. The molecule has 6 nitrogen and oxygen atoms in total. The summed E-state index contributed by atoms with van der Waals surface area (Å²) in [5, 5.41) is 22.5. The number of carboxylic acid groups (broad SMARTS) is 1. The molecule has 0 amide bonds. The molecule has 3 rings (SSSR count). The Morgan fingerprint density at radius 2 is 2.00 bits per heavy atom. The third-order valence-corrected chi connectivity index (χ3v) is 4.16. The van der Waals surface area contributed by atoms with Gasteiger partial charge in [0.25, 0.3) is 0 Å². The fraction of sp³-hybridized carbons (Fsp3) is 0.400. The van der Waals surface area contributed by atoms with Gasteiger partial charge in [0.1, 0.15) is 16.2 Å². The van der Waals surface area contributed by atoms with Crippen LogP contribution in [-0.4, -0.2) is 38.3 Å². The summed E-state index contributed by atoms with van der Waals surface area (Å²) in [6.07, 6.45) is 4.04. The smallest absolute Gasteiger partial charge is 0.339 e. The summed E-state index contributed by atoms with van der Waals surface area (Å²) in [5.74, 6) is -1.06. The van der Waals surface area contributed by atoms with Crippen LogP contribution in [0.3, 0.4) is 0 Å². The maximum atomic E-state index is 11.5. The molecule has 0 aromatic carbocycles. The molecule has 2 aromatic rings. The number of carbonyl (C=O) groups is 1. The Labute approximate surface area is 132 Å². The van der Waals surface area contributed by atoms with Crippen LogP contribution in [0, 0.1) is 0 Å². The molecule has 0 radical (unpaired) electrons. The molecule has 2 heterocycles. The molecule has 116 valence electrons. The predicted octanol–water partition coefficient (Wildman–Crippen LogP) is 2.70. The topological polar surface area (TPSA) is 95.3 Å². The lowest BCUT2D eigenvalue weighted by Crippen LogP contribution is -2.29. The van der Waals surface area contributed by atoms with Crippen LogP contribution < -0.4 is 5.32 Å². The van der Waals surface area contributed by atoms with Crippen LogP contribution in [0.25, 0.3) is 11.0 Å². The third kappa shape index (κ3) is 2.98. The van der Waals surface area contributed by atoms with Crippen molar-refractivity contribution in [3.63, 3.8) is 0 Å². The van der Waals surface area contributed by atoms with Crippen molar-refractivity contribution in [3.8, 4) is 0 Å². The van der Waals surface area contributed by atoms with Crippen LogP contribution in [0.15, 0.2) is 18.3 Å². The van der Waals surface area contributed by atoms with E-state index in [1.54, 1.807) is 12.1 Å². The Morgan fingerprint density at radius 3 is 2.68 bits per heavy atom. The number of hydrogen-bond donors (Lipinski definition) is 3. The number of nitrogens with zero attached hydrogens (tertiary/aromatic N) is 2. The lowest BCUT2D eigenvalue weighted by molar-refractivity contribution is 0.0697. The number of aromatic nitrogens is 2. The van der Waals surface area contributed by atoms with Gasteiger partial charge in [0.15, 0.2) is 0 Å². The lowest BCUT2D eigenvalue weighted by Gasteiger charge is -2.27. The monoisotopic (exact) mass is 321 g/mol. The molecule has 0 unspecified atom stereocenters. The number of aliphatic hydroxyl groups excluding tert-OH is 1. The van der Waals surface area contributed by atoms with E-state index in [0.717, 1.165) is 12.8 Å². The zero-order valence-electron chi connectivity index (χ0n) is 11.8. The number of carboxylic acids is 1. The Bertz CT molecular complexity index is 714. The van der Waals surface area contributed by atoms with Crippen molar-refractivity contribution in [1.82, 2.24) is 9.97 Å². The van der Waals surface area contributed by atoms with E-state index in [2.05, 4.69) is 15.3 Å². The molecular weight excluding hydrogens is 306 g/mol. The predicted molar refractivity (Wildman–Crippen MR) is 83.4 cm³/mol. The Morgan fingerprint density at radius 1 is 1.27 bits per heavy atom. The van der Waals surface area contributed by atoms with E-state index in [0.29, 0.717) is 34.7 Å². The van der Waals surface area contributed by atoms with E-state index < -0.39 is 5.97 Å². The molecule has 1 saturated carbocycles. The quantitative estimate of drug-likeness (QED) is 0.752. The van der Waals surface area contributed by atoms with Crippen molar-refractivity contribution in [2.45, 2.75) is 37.8 Å². The Kier molecular flexibility index (Phi) is 4.13. The van der Waals surface area contributed by atoms with Crippen LogP contribution in [-0.2, 0) is 0 Å². The number of aromatic carboxylic acids is 1. The number of aliphatic hydroxyl groups is 1. The van der Waals surface area contributed by atoms with Gasteiger partial charge in [-0.15, -0.1) is 0 Å². The number of hydrogen-bond acceptors (Lipinski definition) is 5. The fourth-order valence-corrected chi connectivity index (χ4v) is 2.92.